The van der Waals surface area contributed by atoms with Gasteiger partial charge in [0.1, 0.15) is 5.69 Å². The highest BCUT2D eigenvalue weighted by molar-refractivity contribution is 7.99. The van der Waals surface area contributed by atoms with E-state index in [2.05, 4.69) is 34.0 Å². The fraction of sp³-hybridized carbons (Fsp3) is 0.500. The lowest BCUT2D eigenvalue weighted by molar-refractivity contribution is 0.0763. The normalized spacial score (nSPS) is 29.7. The molecule has 2 saturated heterocycles. The summed E-state index contributed by atoms with van der Waals surface area (Å²) in [7, 11) is 0. The molecule has 23 heavy (non-hydrogen) atoms. The van der Waals surface area contributed by atoms with E-state index >= 15 is 0 Å². The van der Waals surface area contributed by atoms with Gasteiger partial charge in [0.05, 0.1) is 0 Å². The number of hydrogen-bond acceptors (Lipinski definition) is 5. The van der Waals surface area contributed by atoms with Gasteiger partial charge in [-0.1, -0.05) is 19.9 Å². The number of carbonyl (C=O) groups is 1. The van der Waals surface area contributed by atoms with Gasteiger partial charge in [-0.25, -0.2) is 4.98 Å². The van der Waals surface area contributed by atoms with E-state index < -0.39 is 0 Å². The van der Waals surface area contributed by atoms with Crippen LogP contribution in [0.15, 0.2) is 24.4 Å². The molecule has 1 amide bonds. The molecule has 4 heterocycles. The van der Waals surface area contributed by atoms with E-state index in [-0.39, 0.29) is 16.7 Å². The molecule has 0 spiro atoms. The molecule has 0 unspecified atom stereocenters. The number of hydrogen-bond donors (Lipinski definition) is 1. The van der Waals surface area contributed by atoms with Crippen LogP contribution in [0.25, 0.3) is 11.5 Å². The average molecular weight is 329 g/mol. The highest BCUT2D eigenvalue weighted by atomic mass is 32.2. The third kappa shape index (κ3) is 2.25. The van der Waals surface area contributed by atoms with Gasteiger partial charge in [-0.2, -0.15) is 16.9 Å². The number of nitrogens with one attached hydrogen (secondary N) is 1. The monoisotopic (exact) mass is 329 g/mol. The van der Waals surface area contributed by atoms with Crippen molar-refractivity contribution < 1.29 is 4.79 Å². The molecule has 2 fully saturated rings. The Kier molecular flexibility index (Phi) is 3.23. The minimum Gasteiger partial charge on any atom is -0.335 e. The highest BCUT2D eigenvalue weighted by Gasteiger charge is 2.56. The van der Waals surface area contributed by atoms with Crippen molar-refractivity contribution in [1.82, 2.24) is 25.1 Å². The number of carbonyl (C=O) groups excluding carboxylic acids is 1. The molecule has 2 atom stereocenters. The molecule has 0 aliphatic carbocycles. The number of likely N-dealkylation sites (tertiary alicyclic amines) is 1. The smallest absolute Gasteiger partial charge is 0.291 e. The molecule has 0 aromatic carbocycles. The second kappa shape index (κ2) is 5.06. The zero-order valence-electron chi connectivity index (χ0n) is 13.2. The van der Waals surface area contributed by atoms with Crippen molar-refractivity contribution >= 4 is 17.7 Å². The largest absolute Gasteiger partial charge is 0.335 e. The molecule has 2 aromatic heterocycles. The van der Waals surface area contributed by atoms with Gasteiger partial charge in [0.25, 0.3) is 5.91 Å². The maximum absolute atomic E-state index is 12.8. The highest BCUT2D eigenvalue weighted by Crippen LogP contribution is 2.55. The average Bonchev–Trinajstić information content (AvgIpc) is 3.19. The summed E-state index contributed by atoms with van der Waals surface area (Å²) in [5.41, 5.74) is 1.05. The van der Waals surface area contributed by atoms with E-state index in [9.17, 15) is 4.79 Å². The van der Waals surface area contributed by atoms with Gasteiger partial charge in [-0.05, 0) is 12.1 Å². The summed E-state index contributed by atoms with van der Waals surface area (Å²) in [6, 6.07) is 5.54. The van der Waals surface area contributed by atoms with Crippen LogP contribution in [-0.2, 0) is 0 Å². The summed E-state index contributed by atoms with van der Waals surface area (Å²) in [5.74, 6) is 2.92. The van der Waals surface area contributed by atoms with Gasteiger partial charge in [0.15, 0.2) is 5.82 Å². The zero-order chi connectivity index (χ0) is 16.1. The van der Waals surface area contributed by atoms with Gasteiger partial charge in [-0.15, -0.1) is 0 Å². The Morgan fingerprint density at radius 1 is 1.26 bits per heavy atom. The number of aromatic amines is 1. The minimum absolute atomic E-state index is 0.0680. The van der Waals surface area contributed by atoms with Crippen molar-refractivity contribution in [3.05, 3.63) is 30.2 Å². The van der Waals surface area contributed by atoms with Crippen LogP contribution in [0.3, 0.4) is 0 Å². The Bertz CT molecular complexity index is 730. The van der Waals surface area contributed by atoms with Crippen LogP contribution in [0.2, 0.25) is 0 Å². The lowest BCUT2D eigenvalue weighted by Gasteiger charge is -2.30. The molecule has 0 radical (unpaired) electrons. The third-order valence-electron chi connectivity index (χ3n) is 5.25. The van der Waals surface area contributed by atoms with Gasteiger partial charge >= 0.3 is 0 Å². The van der Waals surface area contributed by atoms with E-state index in [0.717, 1.165) is 24.6 Å². The number of H-pyrrole nitrogens is 1. The van der Waals surface area contributed by atoms with Gasteiger partial charge < -0.3 is 4.90 Å². The Balaban J connectivity index is 1.56. The second-order valence-corrected chi connectivity index (χ2v) is 7.98. The van der Waals surface area contributed by atoms with E-state index in [1.807, 2.05) is 34.9 Å². The molecule has 0 saturated carbocycles. The Morgan fingerprint density at radius 2 is 2.00 bits per heavy atom. The van der Waals surface area contributed by atoms with Crippen molar-refractivity contribution in [2.75, 3.05) is 24.6 Å². The van der Waals surface area contributed by atoms with Gasteiger partial charge in [0.2, 0.25) is 5.82 Å². The molecular formula is C16H19N5OS. The van der Waals surface area contributed by atoms with Crippen LogP contribution in [0.5, 0.6) is 0 Å². The first-order valence-electron chi connectivity index (χ1n) is 7.72. The summed E-state index contributed by atoms with van der Waals surface area (Å²) < 4.78 is 0. The molecular weight excluding hydrogens is 310 g/mol. The van der Waals surface area contributed by atoms with Crippen LogP contribution in [0.4, 0.5) is 0 Å². The summed E-state index contributed by atoms with van der Waals surface area (Å²) in [6.45, 7) is 6.16. The lowest BCUT2D eigenvalue weighted by atomic mass is 9.71. The van der Waals surface area contributed by atoms with Crippen molar-refractivity contribution in [1.29, 1.82) is 0 Å². The first-order chi connectivity index (χ1) is 11.0. The third-order valence-corrected chi connectivity index (χ3v) is 6.93. The second-order valence-electron chi connectivity index (χ2n) is 7.00. The van der Waals surface area contributed by atoms with E-state index in [1.165, 1.54) is 0 Å². The summed E-state index contributed by atoms with van der Waals surface area (Å²) in [6.07, 6.45) is 1.69. The number of rotatable bonds is 2. The van der Waals surface area contributed by atoms with Crippen LogP contribution in [0.1, 0.15) is 24.5 Å². The SMILES string of the molecule is C[C@@]12CSC[C@]1(C)CN(C(=O)c1nc(-c3ccccn3)n[nH]1)C2. The van der Waals surface area contributed by atoms with Gasteiger partial charge in [-0.3, -0.25) is 14.9 Å². The topological polar surface area (TPSA) is 74.8 Å². The molecule has 4 rings (SSSR count). The van der Waals surface area contributed by atoms with Crippen LogP contribution in [-0.4, -0.2) is 55.6 Å². The lowest BCUT2D eigenvalue weighted by Crippen LogP contribution is -2.34. The van der Waals surface area contributed by atoms with Crippen molar-refractivity contribution in [3.8, 4) is 11.5 Å². The fourth-order valence-corrected chi connectivity index (χ4v) is 5.36. The molecule has 2 aromatic rings. The van der Waals surface area contributed by atoms with Crippen LogP contribution >= 0.6 is 11.8 Å². The fourth-order valence-electron chi connectivity index (χ4n) is 3.48. The Labute approximate surface area is 139 Å². The summed E-state index contributed by atoms with van der Waals surface area (Å²) in [4.78, 5) is 23.2. The quantitative estimate of drug-likeness (QED) is 0.913. The standard InChI is InChI=1S/C16H19N5OS/c1-15-7-21(8-16(15,2)10-23-9-15)14(22)13-18-12(19-20-13)11-5-3-4-6-17-11/h3-6H,7-10H2,1-2H3,(H,18,19,20)/t15-,16+. The van der Waals surface area contributed by atoms with E-state index in [0.29, 0.717) is 17.3 Å². The molecule has 2 aliphatic rings. The Hall–Kier alpha value is -1.89. The number of aromatic nitrogens is 4. The van der Waals surface area contributed by atoms with Crippen molar-refractivity contribution in [3.63, 3.8) is 0 Å². The summed E-state index contributed by atoms with van der Waals surface area (Å²) in [5, 5.41) is 6.91. The van der Waals surface area contributed by atoms with Crippen molar-refractivity contribution in [2.24, 2.45) is 10.8 Å². The number of fused-ring (bicyclic) bond motifs is 1. The number of thioether (sulfide) groups is 1. The van der Waals surface area contributed by atoms with E-state index in [4.69, 9.17) is 0 Å². The Morgan fingerprint density at radius 3 is 2.65 bits per heavy atom. The molecule has 6 nitrogen and oxygen atoms in total. The minimum atomic E-state index is -0.0680. The van der Waals surface area contributed by atoms with E-state index in [1.54, 1.807) is 6.20 Å². The molecule has 120 valence electrons. The molecule has 1 N–H and O–H groups in total. The number of nitrogens with zero attached hydrogens (tertiary/aromatic N) is 4. The predicted octanol–water partition coefficient (Wildman–Crippen LogP) is 2.08. The van der Waals surface area contributed by atoms with Crippen LogP contribution in [0, 0.1) is 10.8 Å². The zero-order valence-corrected chi connectivity index (χ0v) is 14.1. The predicted molar refractivity (Wildman–Crippen MR) is 89.1 cm³/mol. The van der Waals surface area contributed by atoms with Gasteiger partial charge in [0, 0.05) is 41.6 Å². The maximum atomic E-state index is 12.8. The first kappa shape index (κ1) is 14.7. The summed E-state index contributed by atoms with van der Waals surface area (Å²) >= 11 is 1.99. The van der Waals surface area contributed by atoms with Crippen molar-refractivity contribution in [2.45, 2.75) is 13.8 Å². The maximum Gasteiger partial charge on any atom is 0.291 e. The molecule has 7 heteroatoms. The number of amides is 1. The van der Waals surface area contributed by atoms with Crippen LogP contribution < -0.4 is 0 Å². The molecule has 0 bridgehead atoms. The number of pyridine rings is 1. The molecule has 2 aliphatic heterocycles. The first-order valence-corrected chi connectivity index (χ1v) is 8.87.